The lowest BCUT2D eigenvalue weighted by Crippen LogP contribution is -2.57. The fourth-order valence-electron chi connectivity index (χ4n) is 2.86. The van der Waals surface area contributed by atoms with Crippen molar-refractivity contribution in [3.63, 3.8) is 0 Å². The first-order valence-corrected chi connectivity index (χ1v) is 6.75. The molecule has 0 aromatic heterocycles. The number of nitrogens with two attached hydrogens (primary N) is 1. The van der Waals surface area contributed by atoms with E-state index in [0.29, 0.717) is 0 Å². The summed E-state index contributed by atoms with van der Waals surface area (Å²) in [5.74, 6) is -0.0666. The fraction of sp³-hybridized carbons (Fsp3) is 0.846. The highest BCUT2D eigenvalue weighted by Gasteiger charge is 2.33. The van der Waals surface area contributed by atoms with Gasteiger partial charge in [-0.2, -0.15) is 0 Å². The maximum absolute atomic E-state index is 11.8. The molecule has 2 unspecified atom stereocenters. The van der Waals surface area contributed by atoms with Gasteiger partial charge in [-0.1, -0.05) is 12.8 Å². The van der Waals surface area contributed by atoms with Crippen molar-refractivity contribution in [3.05, 3.63) is 0 Å². The van der Waals surface area contributed by atoms with Crippen molar-refractivity contribution in [1.82, 2.24) is 10.2 Å². The molecule has 2 amide bonds. The molecule has 0 aromatic carbocycles. The Balaban J connectivity index is 2.79. The van der Waals surface area contributed by atoms with Gasteiger partial charge in [0.05, 0.1) is 12.6 Å². The number of hydrogen-bond acceptors (Lipinski definition) is 3. The molecule has 1 aliphatic carbocycles. The van der Waals surface area contributed by atoms with Crippen molar-refractivity contribution >= 4 is 11.8 Å². The monoisotopic (exact) mass is 255 g/mol. The van der Waals surface area contributed by atoms with E-state index in [2.05, 4.69) is 5.32 Å². The van der Waals surface area contributed by atoms with Crippen LogP contribution in [-0.2, 0) is 9.59 Å². The Morgan fingerprint density at radius 1 is 1.33 bits per heavy atom. The molecule has 2 atom stereocenters. The highest BCUT2D eigenvalue weighted by atomic mass is 16.2. The Labute approximate surface area is 109 Å². The van der Waals surface area contributed by atoms with E-state index >= 15 is 0 Å². The van der Waals surface area contributed by atoms with Crippen molar-refractivity contribution in [2.24, 2.45) is 5.73 Å². The van der Waals surface area contributed by atoms with Crippen LogP contribution in [0, 0.1) is 0 Å². The largest absolute Gasteiger partial charge is 0.350 e. The molecule has 0 spiro atoms. The molecule has 0 bridgehead atoms. The lowest BCUT2D eigenvalue weighted by Gasteiger charge is -2.42. The van der Waals surface area contributed by atoms with E-state index in [9.17, 15) is 9.59 Å². The molecular weight excluding hydrogens is 230 g/mol. The van der Waals surface area contributed by atoms with Gasteiger partial charge in [0.2, 0.25) is 11.8 Å². The molecule has 0 aliphatic heterocycles. The average molecular weight is 255 g/mol. The van der Waals surface area contributed by atoms with E-state index in [1.54, 1.807) is 6.92 Å². The summed E-state index contributed by atoms with van der Waals surface area (Å²) in [6.45, 7) is 5.62. The third kappa shape index (κ3) is 3.70. The van der Waals surface area contributed by atoms with Gasteiger partial charge in [-0.25, -0.2) is 0 Å². The van der Waals surface area contributed by atoms with Crippen molar-refractivity contribution in [2.45, 2.75) is 64.6 Å². The number of nitrogens with zero attached hydrogens (tertiary/aromatic N) is 1. The molecule has 1 saturated carbocycles. The standard InChI is InChI=1S/C13H25N3O2/c1-9(2)16(10(3)17)12-7-5-4-6-11(12)15-13(18)8-14/h9,11-12H,4-8,14H2,1-3H3,(H,15,18). The first-order chi connectivity index (χ1) is 8.47. The Morgan fingerprint density at radius 2 is 1.94 bits per heavy atom. The average Bonchev–Trinajstić information content (AvgIpc) is 2.30. The van der Waals surface area contributed by atoms with Crippen LogP contribution in [0.5, 0.6) is 0 Å². The summed E-state index contributed by atoms with van der Waals surface area (Å²) in [5, 5.41) is 2.95. The Kier molecular flexibility index (Phi) is 5.59. The fourth-order valence-corrected chi connectivity index (χ4v) is 2.86. The van der Waals surface area contributed by atoms with E-state index < -0.39 is 0 Å². The first kappa shape index (κ1) is 15.0. The predicted molar refractivity (Wildman–Crippen MR) is 70.9 cm³/mol. The molecule has 18 heavy (non-hydrogen) atoms. The van der Waals surface area contributed by atoms with E-state index in [0.717, 1.165) is 25.7 Å². The quantitative estimate of drug-likeness (QED) is 0.773. The number of carbonyl (C=O) groups is 2. The third-order valence-electron chi connectivity index (χ3n) is 3.54. The summed E-state index contributed by atoms with van der Waals surface area (Å²) in [7, 11) is 0. The summed E-state index contributed by atoms with van der Waals surface area (Å²) in [6.07, 6.45) is 4.08. The van der Waals surface area contributed by atoms with Gasteiger partial charge in [0.25, 0.3) is 0 Å². The molecule has 3 N–H and O–H groups in total. The summed E-state index contributed by atoms with van der Waals surface area (Å²) < 4.78 is 0. The van der Waals surface area contributed by atoms with Crippen LogP contribution in [0.15, 0.2) is 0 Å². The number of carbonyl (C=O) groups excluding carboxylic acids is 2. The van der Waals surface area contributed by atoms with Crippen LogP contribution >= 0.6 is 0 Å². The summed E-state index contributed by atoms with van der Waals surface area (Å²) in [4.78, 5) is 25.1. The van der Waals surface area contributed by atoms with Gasteiger partial charge < -0.3 is 16.0 Å². The molecule has 5 heteroatoms. The van der Waals surface area contributed by atoms with Crippen LogP contribution in [0.2, 0.25) is 0 Å². The van der Waals surface area contributed by atoms with Crippen molar-refractivity contribution < 1.29 is 9.59 Å². The minimum atomic E-state index is -0.140. The topological polar surface area (TPSA) is 75.4 Å². The summed E-state index contributed by atoms with van der Waals surface area (Å²) in [5.41, 5.74) is 5.34. The van der Waals surface area contributed by atoms with E-state index in [4.69, 9.17) is 5.73 Å². The highest BCUT2D eigenvalue weighted by Crippen LogP contribution is 2.25. The Hall–Kier alpha value is -1.10. The van der Waals surface area contributed by atoms with Gasteiger partial charge in [0, 0.05) is 19.0 Å². The van der Waals surface area contributed by atoms with Gasteiger partial charge in [-0.3, -0.25) is 9.59 Å². The van der Waals surface area contributed by atoms with Crippen LogP contribution in [0.1, 0.15) is 46.5 Å². The zero-order valence-electron chi connectivity index (χ0n) is 11.6. The van der Waals surface area contributed by atoms with Gasteiger partial charge in [0.1, 0.15) is 0 Å². The van der Waals surface area contributed by atoms with Gasteiger partial charge in [0.15, 0.2) is 0 Å². The van der Waals surface area contributed by atoms with Gasteiger partial charge >= 0.3 is 0 Å². The van der Waals surface area contributed by atoms with E-state index in [1.807, 2.05) is 18.7 Å². The Morgan fingerprint density at radius 3 is 2.44 bits per heavy atom. The molecule has 0 saturated heterocycles. The van der Waals surface area contributed by atoms with E-state index in [-0.39, 0.29) is 36.5 Å². The number of amides is 2. The molecule has 0 radical (unpaired) electrons. The summed E-state index contributed by atoms with van der Waals surface area (Å²) >= 11 is 0. The second-order valence-corrected chi connectivity index (χ2v) is 5.25. The minimum Gasteiger partial charge on any atom is -0.350 e. The maximum atomic E-state index is 11.8. The molecule has 0 heterocycles. The number of hydrogen-bond donors (Lipinski definition) is 2. The van der Waals surface area contributed by atoms with Crippen LogP contribution in [0.3, 0.4) is 0 Å². The maximum Gasteiger partial charge on any atom is 0.234 e. The van der Waals surface area contributed by atoms with Gasteiger partial charge in [-0.15, -0.1) is 0 Å². The third-order valence-corrected chi connectivity index (χ3v) is 3.54. The SMILES string of the molecule is CC(=O)N(C(C)C)C1CCCCC1NC(=O)CN. The minimum absolute atomic E-state index is 0.00493. The van der Waals surface area contributed by atoms with Crippen molar-refractivity contribution in [1.29, 1.82) is 0 Å². The Bertz CT molecular complexity index is 305. The molecule has 0 aromatic rings. The molecular formula is C13H25N3O2. The molecule has 104 valence electrons. The van der Waals surface area contributed by atoms with Crippen molar-refractivity contribution in [3.8, 4) is 0 Å². The first-order valence-electron chi connectivity index (χ1n) is 6.75. The highest BCUT2D eigenvalue weighted by molar-refractivity contribution is 5.78. The molecule has 1 fully saturated rings. The van der Waals surface area contributed by atoms with Crippen molar-refractivity contribution in [2.75, 3.05) is 6.54 Å². The number of nitrogens with one attached hydrogen (secondary N) is 1. The van der Waals surface area contributed by atoms with Gasteiger partial charge in [-0.05, 0) is 26.7 Å². The zero-order valence-corrected chi connectivity index (χ0v) is 11.6. The van der Waals surface area contributed by atoms with Crippen LogP contribution in [0.4, 0.5) is 0 Å². The van der Waals surface area contributed by atoms with Crippen LogP contribution in [0.25, 0.3) is 0 Å². The second-order valence-electron chi connectivity index (χ2n) is 5.25. The van der Waals surface area contributed by atoms with Crippen LogP contribution < -0.4 is 11.1 Å². The number of rotatable bonds is 4. The van der Waals surface area contributed by atoms with E-state index in [1.165, 1.54) is 0 Å². The molecule has 5 nitrogen and oxygen atoms in total. The predicted octanol–water partition coefficient (Wildman–Crippen LogP) is 0.629. The van der Waals surface area contributed by atoms with Crippen LogP contribution in [-0.4, -0.2) is 41.4 Å². The molecule has 1 rings (SSSR count). The zero-order chi connectivity index (χ0) is 13.7. The lowest BCUT2D eigenvalue weighted by atomic mass is 9.88. The summed E-state index contributed by atoms with van der Waals surface area (Å²) in [6, 6.07) is 0.302. The lowest BCUT2D eigenvalue weighted by molar-refractivity contribution is -0.135. The second kappa shape index (κ2) is 6.73. The smallest absolute Gasteiger partial charge is 0.234 e. The molecule has 1 aliphatic rings. The normalized spacial score (nSPS) is 23.8.